The number of nitrogens with zero attached hydrogens (tertiary/aromatic N) is 1. The van der Waals surface area contributed by atoms with Crippen molar-refractivity contribution in [2.24, 2.45) is 5.14 Å². The van der Waals surface area contributed by atoms with Gasteiger partial charge in [-0.1, -0.05) is 29.8 Å². The highest BCUT2D eigenvalue weighted by atomic mass is 35.5. The molecule has 0 fully saturated rings. The summed E-state index contributed by atoms with van der Waals surface area (Å²) in [7, 11) is -4.02. The van der Waals surface area contributed by atoms with E-state index in [1.807, 2.05) is 6.07 Å². The lowest BCUT2D eigenvalue weighted by Crippen LogP contribution is -2.13. The van der Waals surface area contributed by atoms with Gasteiger partial charge in [-0.2, -0.15) is 4.98 Å². The van der Waals surface area contributed by atoms with Crippen molar-refractivity contribution in [1.29, 1.82) is 0 Å². The number of halogens is 1. The van der Waals surface area contributed by atoms with Gasteiger partial charge in [0, 0.05) is 16.1 Å². The minimum atomic E-state index is -4.02. The van der Waals surface area contributed by atoms with Gasteiger partial charge in [0.1, 0.15) is 0 Å². The molecule has 0 radical (unpaired) electrons. The third-order valence-electron chi connectivity index (χ3n) is 2.99. The Kier molecular flexibility index (Phi) is 3.74. The van der Waals surface area contributed by atoms with E-state index in [4.69, 9.17) is 21.2 Å². The summed E-state index contributed by atoms with van der Waals surface area (Å²) in [6.45, 7) is 0. The van der Waals surface area contributed by atoms with Crippen molar-refractivity contribution in [2.75, 3.05) is 0 Å². The van der Waals surface area contributed by atoms with Crippen molar-refractivity contribution in [3.8, 4) is 22.8 Å². The molecule has 1 aromatic heterocycles. The van der Waals surface area contributed by atoms with Crippen molar-refractivity contribution in [3.05, 3.63) is 59.6 Å². The molecule has 2 N–H and O–H groups in total. The monoisotopic (exact) mass is 334 g/mol. The molecular weight excluding hydrogens is 324 g/mol. The molecule has 3 rings (SSSR count). The van der Waals surface area contributed by atoms with E-state index in [1.54, 1.807) is 48.5 Å². The maximum atomic E-state index is 11.8. The Morgan fingerprint density at radius 2 is 1.59 bits per heavy atom. The van der Waals surface area contributed by atoms with Gasteiger partial charge in [-0.3, -0.25) is 0 Å². The standard InChI is InChI=1S/C15H11ClN2O3S/c16-12-8-6-10(7-9-12)13-15(22(17,19)20)18-14(21-13)11-4-2-1-3-5-11/h1-9H,(H2,17,19,20). The fourth-order valence-corrected chi connectivity index (χ4v) is 2.74. The highest BCUT2D eigenvalue weighted by molar-refractivity contribution is 7.89. The maximum absolute atomic E-state index is 11.8. The van der Waals surface area contributed by atoms with Crippen LogP contribution in [0.4, 0.5) is 0 Å². The first-order valence-corrected chi connectivity index (χ1v) is 8.22. The second-order valence-electron chi connectivity index (χ2n) is 4.57. The van der Waals surface area contributed by atoms with Gasteiger partial charge < -0.3 is 4.42 Å². The van der Waals surface area contributed by atoms with Gasteiger partial charge in [0.05, 0.1) is 0 Å². The van der Waals surface area contributed by atoms with Crippen LogP contribution in [0, 0.1) is 0 Å². The molecule has 0 aliphatic heterocycles. The molecule has 2 aromatic carbocycles. The van der Waals surface area contributed by atoms with E-state index in [1.165, 1.54) is 0 Å². The SMILES string of the molecule is NS(=O)(=O)c1nc(-c2ccccc2)oc1-c1ccc(Cl)cc1. The largest absolute Gasteiger partial charge is 0.435 e. The first kappa shape index (κ1) is 14.8. The molecule has 1 heterocycles. The fraction of sp³-hybridized carbons (Fsp3) is 0. The average molecular weight is 335 g/mol. The van der Waals surface area contributed by atoms with Gasteiger partial charge in [-0.05, 0) is 36.4 Å². The quantitative estimate of drug-likeness (QED) is 0.796. The molecule has 0 aliphatic rings. The minimum absolute atomic E-state index is 0.0954. The lowest BCUT2D eigenvalue weighted by molar-refractivity contribution is 0.580. The molecule has 0 spiro atoms. The second-order valence-corrected chi connectivity index (χ2v) is 6.48. The molecule has 0 atom stereocenters. The summed E-state index contributed by atoms with van der Waals surface area (Å²) in [5.41, 5.74) is 1.19. The highest BCUT2D eigenvalue weighted by Crippen LogP contribution is 2.32. The lowest BCUT2D eigenvalue weighted by atomic mass is 10.2. The Hall–Kier alpha value is -2.15. The van der Waals surface area contributed by atoms with Crippen molar-refractivity contribution in [1.82, 2.24) is 4.98 Å². The van der Waals surface area contributed by atoms with Crippen LogP contribution in [0.15, 0.2) is 64.0 Å². The topological polar surface area (TPSA) is 86.2 Å². The maximum Gasteiger partial charge on any atom is 0.259 e. The Morgan fingerprint density at radius 3 is 2.18 bits per heavy atom. The van der Waals surface area contributed by atoms with Crippen LogP contribution in [-0.2, 0) is 10.0 Å². The molecule has 7 heteroatoms. The predicted molar refractivity (Wildman–Crippen MR) is 83.8 cm³/mol. The molecule has 0 aliphatic carbocycles. The number of oxazole rings is 1. The van der Waals surface area contributed by atoms with E-state index in [2.05, 4.69) is 4.98 Å². The fourth-order valence-electron chi connectivity index (χ4n) is 1.99. The number of sulfonamides is 1. The van der Waals surface area contributed by atoms with E-state index in [0.29, 0.717) is 16.1 Å². The zero-order valence-electron chi connectivity index (χ0n) is 11.2. The van der Waals surface area contributed by atoms with E-state index >= 15 is 0 Å². The van der Waals surface area contributed by atoms with Gasteiger partial charge in [0.2, 0.25) is 10.9 Å². The van der Waals surface area contributed by atoms with E-state index in [9.17, 15) is 8.42 Å². The summed E-state index contributed by atoms with van der Waals surface area (Å²) < 4.78 is 29.2. The predicted octanol–water partition coefficient (Wildman–Crippen LogP) is 3.31. The number of hydrogen-bond acceptors (Lipinski definition) is 4. The van der Waals surface area contributed by atoms with E-state index in [0.717, 1.165) is 0 Å². The number of aromatic nitrogens is 1. The Bertz CT molecular complexity index is 904. The first-order chi connectivity index (χ1) is 10.4. The van der Waals surface area contributed by atoms with E-state index in [-0.39, 0.29) is 16.7 Å². The smallest absolute Gasteiger partial charge is 0.259 e. The molecular formula is C15H11ClN2O3S. The van der Waals surface area contributed by atoms with Crippen LogP contribution in [0.3, 0.4) is 0 Å². The summed E-state index contributed by atoms with van der Waals surface area (Å²) in [5, 5.41) is 5.47. The van der Waals surface area contributed by atoms with Crippen LogP contribution < -0.4 is 5.14 Å². The molecule has 112 valence electrons. The Labute approximate surface area is 132 Å². The van der Waals surface area contributed by atoms with Crippen LogP contribution in [0.2, 0.25) is 5.02 Å². The number of benzene rings is 2. The Balaban J connectivity index is 2.20. The van der Waals surface area contributed by atoms with Crippen molar-refractivity contribution in [3.63, 3.8) is 0 Å². The van der Waals surface area contributed by atoms with Gasteiger partial charge in [-0.15, -0.1) is 0 Å². The molecule has 3 aromatic rings. The third kappa shape index (κ3) is 2.89. The Morgan fingerprint density at radius 1 is 0.955 bits per heavy atom. The molecule has 0 amide bonds. The number of nitrogens with two attached hydrogens (primary N) is 1. The zero-order chi connectivity index (χ0) is 15.7. The summed E-state index contributed by atoms with van der Waals surface area (Å²) in [6, 6.07) is 15.5. The average Bonchev–Trinajstić information content (AvgIpc) is 2.94. The van der Waals surface area contributed by atoms with Crippen LogP contribution in [-0.4, -0.2) is 13.4 Å². The molecule has 5 nitrogen and oxygen atoms in total. The first-order valence-electron chi connectivity index (χ1n) is 6.30. The van der Waals surface area contributed by atoms with Crippen LogP contribution in [0.5, 0.6) is 0 Å². The van der Waals surface area contributed by atoms with Crippen LogP contribution in [0.1, 0.15) is 0 Å². The molecule has 22 heavy (non-hydrogen) atoms. The lowest BCUT2D eigenvalue weighted by Gasteiger charge is -1.99. The molecule has 0 saturated heterocycles. The van der Waals surface area contributed by atoms with Gasteiger partial charge in [0.25, 0.3) is 10.0 Å². The summed E-state index contributed by atoms with van der Waals surface area (Å²) in [5.74, 6) is 0.285. The summed E-state index contributed by atoms with van der Waals surface area (Å²) >= 11 is 5.84. The second kappa shape index (κ2) is 5.57. The number of hydrogen-bond donors (Lipinski definition) is 1. The van der Waals surface area contributed by atoms with Gasteiger partial charge >= 0.3 is 0 Å². The molecule has 0 unspecified atom stereocenters. The molecule has 0 saturated carbocycles. The van der Waals surface area contributed by atoms with Crippen molar-refractivity contribution < 1.29 is 12.8 Å². The minimum Gasteiger partial charge on any atom is -0.435 e. The van der Waals surface area contributed by atoms with Gasteiger partial charge in [0.15, 0.2) is 5.76 Å². The summed E-state index contributed by atoms with van der Waals surface area (Å²) in [4.78, 5) is 4.04. The van der Waals surface area contributed by atoms with Crippen molar-refractivity contribution >= 4 is 21.6 Å². The van der Waals surface area contributed by atoms with Gasteiger partial charge in [-0.25, -0.2) is 13.6 Å². The summed E-state index contributed by atoms with van der Waals surface area (Å²) in [6.07, 6.45) is 0. The number of rotatable bonds is 3. The zero-order valence-corrected chi connectivity index (χ0v) is 12.8. The molecule has 0 bridgehead atoms. The normalized spacial score (nSPS) is 11.5. The number of primary sulfonamides is 1. The van der Waals surface area contributed by atoms with Crippen LogP contribution in [0.25, 0.3) is 22.8 Å². The highest BCUT2D eigenvalue weighted by Gasteiger charge is 2.24. The van der Waals surface area contributed by atoms with Crippen LogP contribution >= 0.6 is 11.6 Å². The third-order valence-corrected chi connectivity index (χ3v) is 4.06. The van der Waals surface area contributed by atoms with Crippen molar-refractivity contribution in [2.45, 2.75) is 5.03 Å². The van der Waals surface area contributed by atoms with E-state index < -0.39 is 10.0 Å².